The second-order valence-electron chi connectivity index (χ2n) is 3.74. The normalized spacial score (nSPS) is 9.74. The number of hydrogen-bond donors (Lipinski definition) is 1. The molecule has 0 saturated carbocycles. The third-order valence-electron chi connectivity index (χ3n) is 2.44. The highest BCUT2D eigenvalue weighted by Gasteiger charge is 2.05. The Labute approximate surface area is 115 Å². The maximum Gasteiger partial charge on any atom is 0.224 e. The molecule has 0 saturated heterocycles. The number of rotatable bonds is 5. The summed E-state index contributed by atoms with van der Waals surface area (Å²) in [6.45, 7) is 0.794. The molecule has 0 bridgehead atoms. The molecule has 0 radical (unpaired) electrons. The van der Waals surface area contributed by atoms with Gasteiger partial charge in [-0.2, -0.15) is 0 Å². The van der Waals surface area contributed by atoms with Crippen molar-refractivity contribution >= 4 is 17.4 Å². The van der Waals surface area contributed by atoms with Crippen molar-refractivity contribution in [3.05, 3.63) is 63.4 Å². The van der Waals surface area contributed by atoms with E-state index in [1.807, 2.05) is 30.3 Å². The molecule has 2 aromatic rings. The summed E-state index contributed by atoms with van der Waals surface area (Å²) in [6.07, 6.45) is 1.55. The zero-order valence-electron chi connectivity index (χ0n) is 9.99. The molecule has 0 fully saturated rings. The summed E-state index contributed by atoms with van der Waals surface area (Å²) in [5, 5.41) is 6.82. The number of halogens is 1. The zero-order chi connectivity index (χ0) is 13.5. The molecule has 0 unspecified atom stereocenters. The molecule has 0 aliphatic carbocycles. The molecule has 96 valence electrons. The Morgan fingerprint density at radius 2 is 2.11 bits per heavy atom. The van der Waals surface area contributed by atoms with Crippen molar-refractivity contribution in [1.29, 1.82) is 0 Å². The molecule has 1 aromatic heterocycles. The van der Waals surface area contributed by atoms with Gasteiger partial charge in [0.15, 0.2) is 0 Å². The Bertz CT molecular complexity index is 594. The second kappa shape index (κ2) is 6.58. The van der Waals surface area contributed by atoms with Gasteiger partial charge in [-0.15, -0.1) is 0 Å². The van der Waals surface area contributed by atoms with Gasteiger partial charge in [0, 0.05) is 23.2 Å². The van der Waals surface area contributed by atoms with Gasteiger partial charge in [0.25, 0.3) is 0 Å². The molecule has 1 N–H and O–H groups in total. The number of nitrogens with one attached hydrogen (secondary N) is 1. The average Bonchev–Trinajstić information content (AvgIpc) is 2.45. The third-order valence-corrected chi connectivity index (χ3v) is 2.62. The fourth-order valence-electron chi connectivity index (χ4n) is 1.54. The summed E-state index contributed by atoms with van der Waals surface area (Å²) < 4.78 is 0. The van der Waals surface area contributed by atoms with Crippen LogP contribution < -0.4 is 5.32 Å². The van der Waals surface area contributed by atoms with Crippen LogP contribution in [0.3, 0.4) is 0 Å². The summed E-state index contributed by atoms with van der Waals surface area (Å²) in [5.74, 6) is 0.580. The maximum atomic E-state index is 8.35. The van der Waals surface area contributed by atoms with E-state index in [-0.39, 0.29) is 11.8 Å². The van der Waals surface area contributed by atoms with E-state index in [2.05, 4.69) is 25.3 Å². The van der Waals surface area contributed by atoms with Gasteiger partial charge in [-0.25, -0.2) is 9.97 Å². The van der Waals surface area contributed by atoms with Crippen LogP contribution in [0.2, 0.25) is 5.28 Å². The van der Waals surface area contributed by atoms with E-state index in [1.54, 1.807) is 6.20 Å². The maximum absolute atomic E-state index is 8.35. The van der Waals surface area contributed by atoms with Gasteiger partial charge in [-0.1, -0.05) is 35.4 Å². The van der Waals surface area contributed by atoms with Crippen LogP contribution in [-0.2, 0) is 13.1 Å². The summed E-state index contributed by atoms with van der Waals surface area (Å²) in [5.41, 5.74) is 10.2. The van der Waals surface area contributed by atoms with Crippen LogP contribution in [0.4, 0.5) is 5.82 Å². The summed E-state index contributed by atoms with van der Waals surface area (Å²) >= 11 is 5.77. The molecule has 0 atom stereocenters. The zero-order valence-corrected chi connectivity index (χ0v) is 10.7. The Morgan fingerprint density at radius 1 is 1.32 bits per heavy atom. The molecular weight excluding hydrogens is 264 g/mol. The van der Waals surface area contributed by atoms with E-state index >= 15 is 0 Å². The Balaban J connectivity index is 2.13. The lowest BCUT2D eigenvalue weighted by atomic mass is 10.2. The minimum absolute atomic E-state index is 0.153. The van der Waals surface area contributed by atoms with Crippen molar-refractivity contribution in [2.45, 2.75) is 13.1 Å². The highest BCUT2D eigenvalue weighted by atomic mass is 35.5. The van der Waals surface area contributed by atoms with E-state index < -0.39 is 0 Å². The van der Waals surface area contributed by atoms with Crippen molar-refractivity contribution in [1.82, 2.24) is 9.97 Å². The number of anilines is 1. The highest BCUT2D eigenvalue weighted by molar-refractivity contribution is 6.28. The Morgan fingerprint density at radius 3 is 2.84 bits per heavy atom. The number of hydrogen-bond acceptors (Lipinski definition) is 4. The predicted molar refractivity (Wildman–Crippen MR) is 73.7 cm³/mol. The van der Waals surface area contributed by atoms with Gasteiger partial charge >= 0.3 is 0 Å². The molecule has 2 rings (SSSR count). The third kappa shape index (κ3) is 3.84. The first-order valence-electron chi connectivity index (χ1n) is 5.59. The second-order valence-corrected chi connectivity index (χ2v) is 4.08. The molecule has 7 heteroatoms. The van der Waals surface area contributed by atoms with Gasteiger partial charge in [0.1, 0.15) is 5.82 Å². The molecule has 6 nitrogen and oxygen atoms in total. The van der Waals surface area contributed by atoms with E-state index in [1.165, 1.54) is 0 Å². The van der Waals surface area contributed by atoms with Crippen molar-refractivity contribution in [2.75, 3.05) is 5.32 Å². The molecule has 0 aliphatic heterocycles. The first kappa shape index (κ1) is 13.1. The minimum Gasteiger partial charge on any atom is -0.366 e. The molecular formula is C12H11ClN6. The standard InChI is InChI=1S/C12H11ClN6/c13-12-16-7-10(8-17-19-14)11(18-12)15-6-9-4-2-1-3-5-9/h1-5,7H,6,8H2,(H,15,16,18). The van der Waals surface area contributed by atoms with Crippen LogP contribution in [0.15, 0.2) is 41.6 Å². The minimum atomic E-state index is 0.153. The van der Waals surface area contributed by atoms with Gasteiger partial charge in [-0.05, 0) is 22.7 Å². The van der Waals surface area contributed by atoms with Crippen LogP contribution in [0.1, 0.15) is 11.1 Å². The molecule has 0 aliphatic rings. The molecule has 0 spiro atoms. The summed E-state index contributed by atoms with van der Waals surface area (Å²) in [7, 11) is 0. The topological polar surface area (TPSA) is 86.6 Å². The van der Waals surface area contributed by atoms with Gasteiger partial charge < -0.3 is 5.32 Å². The quantitative estimate of drug-likeness (QED) is 0.391. The predicted octanol–water partition coefficient (Wildman–Crippen LogP) is 3.55. The van der Waals surface area contributed by atoms with E-state index in [9.17, 15) is 0 Å². The fraction of sp³-hybridized carbons (Fsp3) is 0.167. The molecule has 1 heterocycles. The van der Waals surface area contributed by atoms with Crippen LogP contribution in [0, 0.1) is 0 Å². The van der Waals surface area contributed by atoms with E-state index in [0.29, 0.717) is 17.9 Å². The van der Waals surface area contributed by atoms with E-state index in [0.717, 1.165) is 5.56 Å². The highest BCUT2D eigenvalue weighted by Crippen LogP contribution is 2.16. The average molecular weight is 275 g/mol. The number of benzene rings is 1. The summed E-state index contributed by atoms with van der Waals surface area (Å²) in [6, 6.07) is 9.89. The lowest BCUT2D eigenvalue weighted by Gasteiger charge is -2.09. The van der Waals surface area contributed by atoms with Crippen molar-refractivity contribution < 1.29 is 0 Å². The lowest BCUT2D eigenvalue weighted by molar-refractivity contribution is 0.977. The lowest BCUT2D eigenvalue weighted by Crippen LogP contribution is -2.05. The van der Waals surface area contributed by atoms with E-state index in [4.69, 9.17) is 17.1 Å². The number of aromatic nitrogens is 2. The molecule has 0 amide bonds. The summed E-state index contributed by atoms with van der Waals surface area (Å²) in [4.78, 5) is 10.7. The van der Waals surface area contributed by atoms with Gasteiger partial charge in [0.2, 0.25) is 5.28 Å². The largest absolute Gasteiger partial charge is 0.366 e. The fourth-order valence-corrected chi connectivity index (χ4v) is 1.68. The van der Waals surface area contributed by atoms with Gasteiger partial charge in [0.05, 0.1) is 6.54 Å². The Hall–Kier alpha value is -2.30. The monoisotopic (exact) mass is 274 g/mol. The van der Waals surface area contributed by atoms with Crippen molar-refractivity contribution in [3.63, 3.8) is 0 Å². The van der Waals surface area contributed by atoms with Crippen molar-refractivity contribution in [3.8, 4) is 0 Å². The SMILES string of the molecule is [N-]=[N+]=NCc1cnc(Cl)nc1NCc1ccccc1. The van der Waals surface area contributed by atoms with Crippen molar-refractivity contribution in [2.24, 2.45) is 5.11 Å². The number of azide groups is 1. The van der Waals surface area contributed by atoms with Crippen LogP contribution in [0.5, 0.6) is 0 Å². The molecule has 19 heavy (non-hydrogen) atoms. The van der Waals surface area contributed by atoms with Crippen LogP contribution in [-0.4, -0.2) is 9.97 Å². The first-order valence-corrected chi connectivity index (χ1v) is 5.97. The number of nitrogens with zero attached hydrogens (tertiary/aromatic N) is 5. The first-order chi connectivity index (χ1) is 9.29. The van der Waals surface area contributed by atoms with Crippen LogP contribution >= 0.6 is 11.6 Å². The Kier molecular flexibility index (Phi) is 4.55. The smallest absolute Gasteiger partial charge is 0.224 e. The molecule has 1 aromatic carbocycles. The van der Waals surface area contributed by atoms with Crippen LogP contribution in [0.25, 0.3) is 10.4 Å². The van der Waals surface area contributed by atoms with Gasteiger partial charge in [-0.3, -0.25) is 0 Å².